The summed E-state index contributed by atoms with van der Waals surface area (Å²) in [5, 5.41) is 0.696. The number of morpholine rings is 1. The van der Waals surface area contributed by atoms with Crippen molar-refractivity contribution in [3.8, 4) is 17.2 Å². The minimum absolute atomic E-state index is 0.135. The molecular formula is C29H39N3O5S. The number of aromatic nitrogens is 1. The largest absolute Gasteiger partial charge is 0.490 e. The van der Waals surface area contributed by atoms with Gasteiger partial charge >= 0.3 is 0 Å². The van der Waals surface area contributed by atoms with Crippen molar-refractivity contribution in [1.29, 1.82) is 0 Å². The lowest BCUT2D eigenvalue weighted by atomic mass is 10.1. The Morgan fingerprint density at radius 3 is 2.24 bits per heavy atom. The zero-order valence-electron chi connectivity index (χ0n) is 23.2. The smallest absolute Gasteiger partial charge is 0.260 e. The van der Waals surface area contributed by atoms with Crippen LogP contribution in [0.1, 0.15) is 48.7 Å². The predicted octanol–water partition coefficient (Wildman–Crippen LogP) is 5.48. The molecule has 0 spiro atoms. The second-order valence-corrected chi connectivity index (χ2v) is 10.3. The number of nitrogens with zero attached hydrogens (tertiary/aromatic N) is 3. The summed E-state index contributed by atoms with van der Waals surface area (Å²) in [5.74, 6) is 1.40. The minimum atomic E-state index is -0.135. The Kier molecular flexibility index (Phi) is 9.82. The van der Waals surface area contributed by atoms with Crippen molar-refractivity contribution < 1.29 is 23.7 Å². The van der Waals surface area contributed by atoms with E-state index in [-0.39, 0.29) is 5.91 Å². The molecule has 3 aromatic rings. The predicted molar refractivity (Wildman–Crippen MR) is 153 cm³/mol. The number of thiazole rings is 1. The zero-order valence-corrected chi connectivity index (χ0v) is 24.0. The van der Waals surface area contributed by atoms with Gasteiger partial charge in [-0.2, -0.15) is 0 Å². The number of rotatable bonds is 12. The summed E-state index contributed by atoms with van der Waals surface area (Å²) >= 11 is 1.55. The van der Waals surface area contributed by atoms with Gasteiger partial charge < -0.3 is 18.9 Å². The zero-order chi connectivity index (χ0) is 27.1. The summed E-state index contributed by atoms with van der Waals surface area (Å²) in [4.78, 5) is 23.2. The maximum absolute atomic E-state index is 14.1. The summed E-state index contributed by atoms with van der Waals surface area (Å²) in [6.45, 7) is 16.1. The van der Waals surface area contributed by atoms with Gasteiger partial charge in [0.2, 0.25) is 5.75 Å². The first-order chi connectivity index (χ1) is 18.4. The number of hydrogen-bond acceptors (Lipinski definition) is 8. The Labute approximate surface area is 229 Å². The van der Waals surface area contributed by atoms with Gasteiger partial charge in [-0.05, 0) is 76.4 Å². The molecule has 2 aromatic carbocycles. The third-order valence-corrected chi connectivity index (χ3v) is 7.63. The number of ether oxygens (including phenoxy) is 4. The number of carbonyl (C=O) groups is 1. The number of carbonyl (C=O) groups excluding carboxylic acids is 1. The fourth-order valence-corrected chi connectivity index (χ4v) is 5.58. The van der Waals surface area contributed by atoms with Gasteiger partial charge in [0.1, 0.15) is 0 Å². The van der Waals surface area contributed by atoms with Crippen LogP contribution in [-0.4, -0.2) is 75.0 Å². The van der Waals surface area contributed by atoms with Crippen molar-refractivity contribution in [3.05, 3.63) is 41.0 Å². The van der Waals surface area contributed by atoms with E-state index in [9.17, 15) is 4.79 Å². The molecule has 8 nitrogen and oxygen atoms in total. The minimum Gasteiger partial charge on any atom is -0.490 e. The number of aryl methyl sites for hydroxylation is 2. The van der Waals surface area contributed by atoms with Gasteiger partial charge in [-0.3, -0.25) is 14.6 Å². The Morgan fingerprint density at radius 1 is 0.974 bits per heavy atom. The van der Waals surface area contributed by atoms with Crippen LogP contribution in [0.3, 0.4) is 0 Å². The maximum Gasteiger partial charge on any atom is 0.260 e. The average Bonchev–Trinajstić information content (AvgIpc) is 3.31. The maximum atomic E-state index is 14.1. The van der Waals surface area contributed by atoms with Crippen LogP contribution in [0.25, 0.3) is 10.2 Å². The average molecular weight is 542 g/mol. The van der Waals surface area contributed by atoms with Gasteiger partial charge in [0.25, 0.3) is 5.91 Å². The molecule has 1 amide bonds. The van der Waals surface area contributed by atoms with E-state index in [4.69, 9.17) is 23.9 Å². The summed E-state index contributed by atoms with van der Waals surface area (Å²) < 4.78 is 24.2. The lowest BCUT2D eigenvalue weighted by Gasteiger charge is -2.28. The Balaban J connectivity index is 1.69. The van der Waals surface area contributed by atoms with Gasteiger partial charge in [0.05, 0.1) is 43.3 Å². The fraction of sp³-hybridized carbons (Fsp3) is 0.517. The highest BCUT2D eigenvalue weighted by atomic mass is 32.1. The highest BCUT2D eigenvalue weighted by Gasteiger charge is 2.25. The second-order valence-electron chi connectivity index (χ2n) is 9.27. The quantitative estimate of drug-likeness (QED) is 0.301. The van der Waals surface area contributed by atoms with Crippen LogP contribution < -0.4 is 19.1 Å². The molecule has 0 bridgehead atoms. The first kappa shape index (κ1) is 28.1. The Bertz CT molecular complexity index is 1170. The highest BCUT2D eigenvalue weighted by molar-refractivity contribution is 7.22. The van der Waals surface area contributed by atoms with Crippen molar-refractivity contribution in [3.63, 3.8) is 0 Å². The highest BCUT2D eigenvalue weighted by Crippen LogP contribution is 2.40. The van der Waals surface area contributed by atoms with Crippen molar-refractivity contribution in [2.45, 2.75) is 41.0 Å². The van der Waals surface area contributed by atoms with E-state index in [1.165, 1.54) is 11.1 Å². The van der Waals surface area contributed by atoms with Crippen LogP contribution in [0.15, 0.2) is 24.3 Å². The van der Waals surface area contributed by atoms with Crippen LogP contribution in [-0.2, 0) is 4.74 Å². The summed E-state index contributed by atoms with van der Waals surface area (Å²) in [5.41, 5.74) is 3.80. The van der Waals surface area contributed by atoms with Crippen LogP contribution in [0.5, 0.6) is 17.2 Å². The Hall–Kier alpha value is -2.88. The molecule has 1 aliphatic heterocycles. The molecule has 0 radical (unpaired) electrons. The normalized spacial score (nSPS) is 14.0. The molecule has 0 saturated carbocycles. The molecular weight excluding hydrogens is 502 g/mol. The van der Waals surface area contributed by atoms with E-state index in [0.29, 0.717) is 54.3 Å². The molecule has 206 valence electrons. The molecule has 38 heavy (non-hydrogen) atoms. The molecule has 1 aromatic heterocycles. The van der Waals surface area contributed by atoms with E-state index in [2.05, 4.69) is 30.9 Å². The van der Waals surface area contributed by atoms with Crippen molar-refractivity contribution in [1.82, 2.24) is 9.88 Å². The van der Waals surface area contributed by atoms with Crippen molar-refractivity contribution >= 4 is 32.6 Å². The third-order valence-electron chi connectivity index (χ3n) is 6.58. The van der Waals surface area contributed by atoms with Gasteiger partial charge in [-0.1, -0.05) is 11.3 Å². The number of hydrogen-bond donors (Lipinski definition) is 0. The van der Waals surface area contributed by atoms with Crippen LogP contribution in [0.2, 0.25) is 0 Å². The van der Waals surface area contributed by atoms with E-state index in [0.717, 1.165) is 49.5 Å². The lowest BCUT2D eigenvalue weighted by molar-refractivity contribution is 0.0376. The number of anilines is 1. The van der Waals surface area contributed by atoms with Crippen molar-refractivity contribution in [2.24, 2.45) is 0 Å². The van der Waals surface area contributed by atoms with Gasteiger partial charge in [0, 0.05) is 31.7 Å². The van der Waals surface area contributed by atoms with Crippen LogP contribution in [0.4, 0.5) is 5.13 Å². The molecule has 2 heterocycles. The number of fused-ring (bicyclic) bond motifs is 1. The molecule has 0 N–H and O–H groups in total. The van der Waals surface area contributed by atoms with E-state index < -0.39 is 0 Å². The molecule has 4 rings (SSSR count). The van der Waals surface area contributed by atoms with Crippen LogP contribution in [0, 0.1) is 13.8 Å². The first-order valence-electron chi connectivity index (χ1n) is 13.5. The summed E-state index contributed by atoms with van der Waals surface area (Å²) in [6.07, 6.45) is 0.827. The Morgan fingerprint density at radius 2 is 1.61 bits per heavy atom. The second kappa shape index (κ2) is 13.3. The van der Waals surface area contributed by atoms with E-state index in [1.54, 1.807) is 28.4 Å². The number of benzene rings is 2. The number of amides is 1. The summed E-state index contributed by atoms with van der Waals surface area (Å²) in [6, 6.07) is 7.77. The van der Waals surface area contributed by atoms with Gasteiger partial charge in [0.15, 0.2) is 16.6 Å². The third kappa shape index (κ3) is 6.57. The van der Waals surface area contributed by atoms with Crippen LogP contribution >= 0.6 is 11.3 Å². The molecule has 0 atom stereocenters. The molecule has 1 aliphatic rings. The molecule has 1 fully saturated rings. The summed E-state index contributed by atoms with van der Waals surface area (Å²) in [7, 11) is 0. The molecule has 0 unspecified atom stereocenters. The van der Waals surface area contributed by atoms with E-state index in [1.807, 2.05) is 20.8 Å². The van der Waals surface area contributed by atoms with Gasteiger partial charge in [-0.25, -0.2) is 4.98 Å². The van der Waals surface area contributed by atoms with Gasteiger partial charge in [-0.15, -0.1) is 0 Å². The molecule has 1 saturated heterocycles. The SMILES string of the molecule is CCOc1cc(C(=O)N(CCCN2CCOCC2)c2nc3cc(C)c(C)cc3s2)cc(OCC)c1OCC. The van der Waals surface area contributed by atoms with E-state index >= 15 is 0 Å². The monoisotopic (exact) mass is 541 g/mol. The topological polar surface area (TPSA) is 73.4 Å². The fourth-order valence-electron chi connectivity index (χ4n) is 4.51. The van der Waals surface area contributed by atoms with Crippen molar-refractivity contribution in [2.75, 3.05) is 64.1 Å². The lowest BCUT2D eigenvalue weighted by Crippen LogP contribution is -2.39. The standard InChI is InChI=1S/C29H39N3O5S/c1-6-35-24-18-22(19-25(36-7-2)27(24)37-8-3)28(33)32(11-9-10-31-12-14-34-15-13-31)29-30-23-16-20(4)21(5)17-26(23)38-29/h16-19H,6-15H2,1-5H3. The molecule has 0 aliphatic carbocycles. The first-order valence-corrected chi connectivity index (χ1v) is 14.3. The molecule has 9 heteroatoms.